The Balaban J connectivity index is 1.74. The number of epoxide rings is 1. The largest absolute Gasteiger partial charge is 0.392 e. The lowest BCUT2D eigenvalue weighted by molar-refractivity contribution is -0.152. The van der Waals surface area contributed by atoms with E-state index in [1.54, 1.807) is 6.08 Å². The molecule has 3 saturated carbocycles. The maximum atomic E-state index is 13.7. The lowest BCUT2D eigenvalue weighted by Crippen LogP contribution is -2.65. The molecular formula is C24H32O5. The lowest BCUT2D eigenvalue weighted by Gasteiger charge is -2.60. The van der Waals surface area contributed by atoms with Crippen molar-refractivity contribution in [3.05, 3.63) is 11.6 Å². The van der Waals surface area contributed by atoms with Crippen molar-refractivity contribution >= 4 is 17.3 Å². The van der Waals surface area contributed by atoms with E-state index in [0.29, 0.717) is 19.3 Å². The molecule has 1 heterocycles. The van der Waals surface area contributed by atoms with Crippen LogP contribution in [0.3, 0.4) is 0 Å². The van der Waals surface area contributed by atoms with Gasteiger partial charge in [0.1, 0.15) is 17.2 Å². The fourth-order valence-corrected chi connectivity index (χ4v) is 8.34. The van der Waals surface area contributed by atoms with E-state index in [9.17, 15) is 19.5 Å². The molecule has 0 unspecified atom stereocenters. The maximum Gasteiger partial charge on any atom is 0.163 e. The van der Waals surface area contributed by atoms with Crippen molar-refractivity contribution < 1.29 is 24.2 Å². The Kier molecular flexibility index (Phi) is 3.45. The smallest absolute Gasteiger partial charge is 0.163 e. The van der Waals surface area contributed by atoms with Gasteiger partial charge < -0.3 is 9.84 Å². The quantitative estimate of drug-likeness (QED) is 0.684. The number of aliphatic hydroxyl groups excluding tert-OH is 1. The van der Waals surface area contributed by atoms with Gasteiger partial charge in [0.25, 0.3) is 0 Å². The predicted octanol–water partition coefficient (Wildman–Crippen LogP) is 3.03. The number of hydrogen-bond donors (Lipinski definition) is 1. The van der Waals surface area contributed by atoms with Gasteiger partial charge in [0.2, 0.25) is 0 Å². The van der Waals surface area contributed by atoms with Gasteiger partial charge in [0, 0.05) is 23.2 Å². The van der Waals surface area contributed by atoms with E-state index in [1.165, 1.54) is 6.92 Å². The van der Waals surface area contributed by atoms with Crippen LogP contribution in [0.5, 0.6) is 0 Å². The zero-order chi connectivity index (χ0) is 21.4. The molecule has 29 heavy (non-hydrogen) atoms. The van der Waals surface area contributed by atoms with E-state index in [-0.39, 0.29) is 34.8 Å². The van der Waals surface area contributed by atoms with Gasteiger partial charge in [-0.2, -0.15) is 0 Å². The van der Waals surface area contributed by atoms with Crippen LogP contribution in [0.25, 0.3) is 0 Å². The molecule has 5 aliphatic rings. The molecule has 5 rings (SSSR count). The van der Waals surface area contributed by atoms with Crippen LogP contribution < -0.4 is 0 Å². The van der Waals surface area contributed by atoms with Crippen LogP contribution >= 0.6 is 0 Å². The van der Waals surface area contributed by atoms with Crippen LogP contribution in [-0.4, -0.2) is 40.3 Å². The molecule has 5 heteroatoms. The van der Waals surface area contributed by atoms with Gasteiger partial charge >= 0.3 is 0 Å². The van der Waals surface area contributed by atoms with Crippen molar-refractivity contribution in [1.29, 1.82) is 0 Å². The monoisotopic (exact) mass is 400 g/mol. The van der Waals surface area contributed by atoms with Crippen molar-refractivity contribution in [2.24, 2.45) is 33.5 Å². The molecule has 0 aromatic rings. The standard InChI is InChI=1S/C24H32O5/c1-12(25)13-9-18(28)23(6)22(13,5)17(27)10-15-21(4)8-7-16(26)20(2,3)14(21)11-19-24(15,23)29-19/h10,13-14,18-19,28H,7-9,11H2,1-6H3/t13-,14+,18-,19+,21+,22+,23-,24-/m1/s1. The summed E-state index contributed by atoms with van der Waals surface area (Å²) in [5, 5.41) is 11.3. The fraction of sp³-hybridized carbons (Fsp3) is 0.792. The Morgan fingerprint density at radius 3 is 2.41 bits per heavy atom. The number of carbonyl (C=O) groups is 3. The maximum absolute atomic E-state index is 13.7. The fourth-order valence-electron chi connectivity index (χ4n) is 8.34. The van der Waals surface area contributed by atoms with Gasteiger partial charge in [-0.05, 0) is 49.2 Å². The van der Waals surface area contributed by atoms with E-state index in [4.69, 9.17) is 4.74 Å². The zero-order valence-corrected chi connectivity index (χ0v) is 18.3. The number of aliphatic hydroxyl groups is 1. The summed E-state index contributed by atoms with van der Waals surface area (Å²) >= 11 is 0. The molecule has 1 saturated heterocycles. The van der Waals surface area contributed by atoms with E-state index in [2.05, 4.69) is 6.92 Å². The van der Waals surface area contributed by atoms with Gasteiger partial charge in [-0.25, -0.2) is 0 Å². The van der Waals surface area contributed by atoms with Crippen LogP contribution in [0.1, 0.15) is 67.2 Å². The van der Waals surface area contributed by atoms with Crippen molar-refractivity contribution in [1.82, 2.24) is 0 Å². The highest BCUT2D eigenvalue weighted by molar-refractivity contribution is 6.03. The molecule has 0 aromatic carbocycles. The predicted molar refractivity (Wildman–Crippen MR) is 106 cm³/mol. The first-order valence-corrected chi connectivity index (χ1v) is 11.0. The number of carbonyl (C=O) groups excluding carboxylic acids is 3. The Hall–Kier alpha value is -1.33. The van der Waals surface area contributed by atoms with Gasteiger partial charge in [-0.15, -0.1) is 0 Å². The summed E-state index contributed by atoms with van der Waals surface area (Å²) < 4.78 is 6.48. The summed E-state index contributed by atoms with van der Waals surface area (Å²) in [7, 11) is 0. The molecule has 1 N–H and O–H groups in total. The van der Waals surface area contributed by atoms with Crippen LogP contribution in [0.4, 0.5) is 0 Å². The Labute approximate surface area is 172 Å². The Morgan fingerprint density at radius 2 is 1.79 bits per heavy atom. The van der Waals surface area contributed by atoms with E-state index in [0.717, 1.165) is 12.0 Å². The van der Waals surface area contributed by atoms with Crippen LogP contribution in [-0.2, 0) is 19.1 Å². The molecule has 0 aromatic heterocycles. The number of ether oxygens (including phenoxy) is 1. The molecule has 1 spiro atoms. The lowest BCUT2D eigenvalue weighted by atomic mass is 9.40. The van der Waals surface area contributed by atoms with E-state index in [1.807, 2.05) is 27.7 Å². The van der Waals surface area contributed by atoms with Crippen molar-refractivity contribution in [3.63, 3.8) is 0 Å². The summed E-state index contributed by atoms with van der Waals surface area (Å²) in [6.45, 7) is 11.6. The molecule has 0 radical (unpaired) electrons. The van der Waals surface area contributed by atoms with Crippen LogP contribution in [0.2, 0.25) is 0 Å². The Morgan fingerprint density at radius 1 is 1.14 bits per heavy atom. The SMILES string of the molecule is CC(=O)[C@H]1C[C@@H](O)[C@@]2(C)[C@]34O[C@H]3C[C@H]3C(C)(C)C(=O)CC[C@]3(C)C4=CC(=O)[C@]12C. The molecule has 1 aliphatic heterocycles. The summed E-state index contributed by atoms with van der Waals surface area (Å²) in [4.78, 5) is 38.8. The zero-order valence-electron chi connectivity index (χ0n) is 18.3. The highest BCUT2D eigenvalue weighted by atomic mass is 16.6. The molecule has 158 valence electrons. The van der Waals surface area contributed by atoms with Gasteiger partial charge in [0.05, 0.1) is 17.6 Å². The first-order valence-electron chi connectivity index (χ1n) is 11.0. The number of fused-ring (bicyclic) bond motifs is 3. The van der Waals surface area contributed by atoms with E-state index < -0.39 is 33.9 Å². The number of allylic oxidation sites excluding steroid dienone is 1. The third-order valence-electron chi connectivity index (χ3n) is 10.4. The first kappa shape index (κ1) is 19.6. The highest BCUT2D eigenvalue weighted by Gasteiger charge is 2.85. The second-order valence-corrected chi connectivity index (χ2v) is 11.4. The summed E-state index contributed by atoms with van der Waals surface area (Å²) in [5.74, 6) is -0.223. The molecule has 0 bridgehead atoms. The molecule has 4 fully saturated rings. The van der Waals surface area contributed by atoms with E-state index >= 15 is 0 Å². The van der Waals surface area contributed by atoms with Crippen LogP contribution in [0, 0.1) is 33.5 Å². The van der Waals surface area contributed by atoms with Crippen molar-refractivity contribution in [2.45, 2.75) is 85.0 Å². The van der Waals surface area contributed by atoms with Gasteiger partial charge in [-0.1, -0.05) is 34.6 Å². The summed E-state index contributed by atoms with van der Waals surface area (Å²) in [6, 6.07) is 0. The third-order valence-corrected chi connectivity index (χ3v) is 10.4. The second-order valence-electron chi connectivity index (χ2n) is 11.4. The van der Waals surface area contributed by atoms with Crippen molar-refractivity contribution in [2.75, 3.05) is 0 Å². The normalized spacial score (nSPS) is 54.7. The van der Waals surface area contributed by atoms with Gasteiger partial charge in [-0.3, -0.25) is 14.4 Å². The Bertz CT molecular complexity index is 901. The van der Waals surface area contributed by atoms with Gasteiger partial charge in [0.15, 0.2) is 5.78 Å². The minimum atomic E-state index is -0.973. The number of Topliss-reactive ketones (excluding diaryl/α,β-unsaturated/α-hetero) is 2. The minimum absolute atomic E-state index is 0.0432. The minimum Gasteiger partial charge on any atom is -0.392 e. The van der Waals surface area contributed by atoms with Crippen LogP contribution in [0.15, 0.2) is 11.6 Å². The topological polar surface area (TPSA) is 84.0 Å². The summed E-state index contributed by atoms with van der Waals surface area (Å²) in [6.07, 6.45) is 3.12. The molecule has 5 nitrogen and oxygen atoms in total. The molecule has 4 aliphatic carbocycles. The summed E-state index contributed by atoms with van der Waals surface area (Å²) in [5.41, 5.74) is -2.34. The number of ketones is 3. The average Bonchev–Trinajstić information content (AvgIpc) is 3.32. The third kappa shape index (κ3) is 1.77. The molecule has 8 atom stereocenters. The molecular weight excluding hydrogens is 368 g/mol. The number of hydrogen-bond acceptors (Lipinski definition) is 5. The molecule has 0 amide bonds. The van der Waals surface area contributed by atoms with Crippen molar-refractivity contribution in [3.8, 4) is 0 Å². The average molecular weight is 401 g/mol. The first-order chi connectivity index (χ1) is 13.3. The highest BCUT2D eigenvalue weighted by Crippen LogP contribution is 2.79. The second kappa shape index (κ2) is 5.11. The number of rotatable bonds is 1.